The van der Waals surface area contributed by atoms with E-state index in [4.69, 9.17) is 5.11 Å². The number of aliphatic hydroxyl groups excluding tert-OH is 2. The van der Waals surface area contributed by atoms with Crippen LogP contribution in [0.1, 0.15) is 13.3 Å². The minimum Gasteiger partial charge on any atom is -0.394 e. The maximum absolute atomic E-state index is 11.8. The van der Waals surface area contributed by atoms with E-state index in [1.54, 1.807) is 17.0 Å². The van der Waals surface area contributed by atoms with Gasteiger partial charge < -0.3 is 14.8 Å². The van der Waals surface area contributed by atoms with Gasteiger partial charge in [0.2, 0.25) is 0 Å². The summed E-state index contributed by atoms with van der Waals surface area (Å²) in [5, 5.41) is 18.2. The number of hydrogen-bond donors (Lipinski definition) is 2. The minimum absolute atomic E-state index is 0.139. The van der Waals surface area contributed by atoms with Gasteiger partial charge in [-0.05, 0) is 6.42 Å². The molecule has 1 atom stereocenters. The normalized spacial score (nSPS) is 12.7. The maximum atomic E-state index is 11.8. The highest BCUT2D eigenvalue weighted by Crippen LogP contribution is 2.11. The van der Waals surface area contributed by atoms with E-state index < -0.39 is 6.10 Å². The van der Waals surface area contributed by atoms with Crippen molar-refractivity contribution in [3.63, 3.8) is 0 Å². The SMILES string of the molecule is CCCn1ccnc(SCC(O)CO)c1=O. The van der Waals surface area contributed by atoms with Crippen molar-refractivity contribution in [2.75, 3.05) is 12.4 Å². The lowest BCUT2D eigenvalue weighted by molar-refractivity contribution is 0.113. The zero-order valence-corrected chi connectivity index (χ0v) is 9.98. The molecule has 1 aromatic heterocycles. The Labute approximate surface area is 98.1 Å². The molecule has 0 bridgehead atoms. The topological polar surface area (TPSA) is 75.3 Å². The summed E-state index contributed by atoms with van der Waals surface area (Å²) in [6, 6.07) is 0. The fourth-order valence-corrected chi connectivity index (χ4v) is 2.00. The molecular formula is C10H16N2O3S. The first-order chi connectivity index (χ1) is 7.69. The molecule has 1 rings (SSSR count). The Balaban J connectivity index is 2.73. The van der Waals surface area contributed by atoms with Crippen molar-refractivity contribution in [1.29, 1.82) is 0 Å². The van der Waals surface area contributed by atoms with Crippen LogP contribution >= 0.6 is 11.8 Å². The molecule has 1 unspecified atom stereocenters. The van der Waals surface area contributed by atoms with Crippen LogP contribution in [0.5, 0.6) is 0 Å². The minimum atomic E-state index is -0.814. The third-order valence-corrected chi connectivity index (χ3v) is 3.07. The Morgan fingerprint density at radius 3 is 3.00 bits per heavy atom. The summed E-state index contributed by atoms with van der Waals surface area (Å²) < 4.78 is 1.60. The van der Waals surface area contributed by atoms with Crippen LogP contribution in [0.15, 0.2) is 22.2 Å². The molecule has 0 amide bonds. The second-order valence-electron chi connectivity index (χ2n) is 3.38. The lowest BCUT2D eigenvalue weighted by Gasteiger charge is -2.07. The molecule has 0 aliphatic carbocycles. The molecular weight excluding hydrogens is 228 g/mol. The highest BCUT2D eigenvalue weighted by molar-refractivity contribution is 7.99. The molecule has 0 aliphatic heterocycles. The Morgan fingerprint density at radius 1 is 1.62 bits per heavy atom. The van der Waals surface area contributed by atoms with Crippen LogP contribution in [-0.4, -0.2) is 38.2 Å². The Bertz CT molecular complexity index is 381. The summed E-state index contributed by atoms with van der Waals surface area (Å²) in [6.45, 7) is 2.36. The monoisotopic (exact) mass is 244 g/mol. The van der Waals surface area contributed by atoms with Gasteiger partial charge in [0.05, 0.1) is 12.7 Å². The zero-order valence-electron chi connectivity index (χ0n) is 9.17. The molecule has 0 saturated carbocycles. The van der Waals surface area contributed by atoms with Crippen LogP contribution in [0.2, 0.25) is 0 Å². The Hall–Kier alpha value is -0.850. The van der Waals surface area contributed by atoms with Gasteiger partial charge in [-0.25, -0.2) is 4.98 Å². The molecule has 6 heteroatoms. The van der Waals surface area contributed by atoms with Gasteiger partial charge >= 0.3 is 0 Å². The van der Waals surface area contributed by atoms with Crippen LogP contribution in [0, 0.1) is 0 Å². The predicted molar refractivity (Wildman–Crippen MR) is 62.6 cm³/mol. The fraction of sp³-hybridized carbons (Fsp3) is 0.600. The number of nitrogens with zero attached hydrogens (tertiary/aromatic N) is 2. The average molecular weight is 244 g/mol. The molecule has 0 spiro atoms. The predicted octanol–water partition coefficient (Wildman–Crippen LogP) is 0.0986. The van der Waals surface area contributed by atoms with Crippen LogP contribution in [-0.2, 0) is 6.54 Å². The molecule has 1 aromatic rings. The molecule has 0 aliphatic rings. The lowest BCUT2D eigenvalue weighted by atomic mass is 10.4. The summed E-state index contributed by atoms with van der Waals surface area (Å²) >= 11 is 1.17. The summed E-state index contributed by atoms with van der Waals surface area (Å²) in [5.74, 6) is 0.273. The van der Waals surface area contributed by atoms with Gasteiger partial charge in [0.1, 0.15) is 0 Å². The van der Waals surface area contributed by atoms with E-state index in [-0.39, 0.29) is 17.9 Å². The van der Waals surface area contributed by atoms with E-state index in [0.717, 1.165) is 6.42 Å². The number of thioether (sulfide) groups is 1. The van der Waals surface area contributed by atoms with E-state index in [1.807, 2.05) is 6.92 Å². The number of aromatic nitrogens is 2. The summed E-state index contributed by atoms with van der Waals surface area (Å²) in [4.78, 5) is 15.8. The van der Waals surface area contributed by atoms with Crippen LogP contribution < -0.4 is 5.56 Å². The van der Waals surface area contributed by atoms with Crippen molar-refractivity contribution in [1.82, 2.24) is 9.55 Å². The van der Waals surface area contributed by atoms with Crippen molar-refractivity contribution in [2.45, 2.75) is 31.0 Å². The van der Waals surface area contributed by atoms with Gasteiger partial charge in [0.25, 0.3) is 5.56 Å². The van der Waals surface area contributed by atoms with Gasteiger partial charge in [-0.15, -0.1) is 0 Å². The second kappa shape index (κ2) is 6.67. The summed E-state index contributed by atoms with van der Waals surface area (Å²) in [7, 11) is 0. The number of aryl methyl sites for hydroxylation is 1. The third kappa shape index (κ3) is 3.62. The highest BCUT2D eigenvalue weighted by Gasteiger charge is 2.08. The smallest absolute Gasteiger partial charge is 0.283 e. The standard InChI is InChI=1S/C10H16N2O3S/c1-2-4-12-5-3-11-9(10(12)15)16-7-8(14)6-13/h3,5,8,13-14H,2,4,6-7H2,1H3. The van der Waals surface area contributed by atoms with E-state index in [1.165, 1.54) is 11.8 Å². The van der Waals surface area contributed by atoms with Crippen molar-refractivity contribution in [3.05, 3.63) is 22.7 Å². The molecule has 1 heterocycles. The fourth-order valence-electron chi connectivity index (χ4n) is 1.17. The molecule has 0 radical (unpaired) electrons. The molecule has 90 valence electrons. The third-order valence-electron chi connectivity index (χ3n) is 1.97. The van der Waals surface area contributed by atoms with Gasteiger partial charge in [0, 0.05) is 24.7 Å². The molecule has 0 aromatic carbocycles. The summed E-state index contributed by atoms with van der Waals surface area (Å²) in [6.07, 6.45) is 3.29. The lowest BCUT2D eigenvalue weighted by Crippen LogP contribution is -2.23. The molecule has 16 heavy (non-hydrogen) atoms. The Kier molecular flexibility index (Phi) is 5.51. The van der Waals surface area contributed by atoms with E-state index >= 15 is 0 Å². The molecule has 5 nitrogen and oxygen atoms in total. The number of rotatable bonds is 6. The van der Waals surface area contributed by atoms with Gasteiger partial charge in [0.15, 0.2) is 5.03 Å². The molecule has 0 fully saturated rings. The highest BCUT2D eigenvalue weighted by atomic mass is 32.2. The van der Waals surface area contributed by atoms with Crippen molar-refractivity contribution in [2.24, 2.45) is 0 Å². The first-order valence-electron chi connectivity index (χ1n) is 5.16. The molecule has 0 saturated heterocycles. The van der Waals surface area contributed by atoms with Crippen LogP contribution in [0.4, 0.5) is 0 Å². The summed E-state index contributed by atoms with van der Waals surface area (Å²) in [5.41, 5.74) is -0.139. The number of aliphatic hydroxyl groups is 2. The van der Waals surface area contributed by atoms with Crippen molar-refractivity contribution in [3.8, 4) is 0 Å². The van der Waals surface area contributed by atoms with Crippen LogP contribution in [0.25, 0.3) is 0 Å². The average Bonchev–Trinajstić information content (AvgIpc) is 2.30. The second-order valence-corrected chi connectivity index (χ2v) is 4.39. The van der Waals surface area contributed by atoms with Gasteiger partial charge in [-0.2, -0.15) is 0 Å². The zero-order chi connectivity index (χ0) is 12.0. The van der Waals surface area contributed by atoms with Gasteiger partial charge in [-0.3, -0.25) is 4.79 Å². The quantitative estimate of drug-likeness (QED) is 0.694. The first kappa shape index (κ1) is 13.2. The van der Waals surface area contributed by atoms with Crippen molar-refractivity contribution < 1.29 is 10.2 Å². The van der Waals surface area contributed by atoms with E-state index in [9.17, 15) is 9.90 Å². The van der Waals surface area contributed by atoms with E-state index in [2.05, 4.69) is 4.98 Å². The van der Waals surface area contributed by atoms with E-state index in [0.29, 0.717) is 11.6 Å². The maximum Gasteiger partial charge on any atom is 0.283 e. The largest absolute Gasteiger partial charge is 0.394 e. The van der Waals surface area contributed by atoms with Gasteiger partial charge in [-0.1, -0.05) is 18.7 Å². The van der Waals surface area contributed by atoms with Crippen molar-refractivity contribution >= 4 is 11.8 Å². The van der Waals surface area contributed by atoms with Crippen LogP contribution in [0.3, 0.4) is 0 Å². The molecule has 2 N–H and O–H groups in total. The first-order valence-corrected chi connectivity index (χ1v) is 6.14. The Morgan fingerprint density at radius 2 is 2.38 bits per heavy atom. The number of hydrogen-bond acceptors (Lipinski definition) is 5.